The van der Waals surface area contributed by atoms with Crippen molar-refractivity contribution in [3.63, 3.8) is 0 Å². The maximum atomic E-state index is 5.76. The monoisotopic (exact) mass is 233 g/mol. The van der Waals surface area contributed by atoms with E-state index < -0.39 is 0 Å². The van der Waals surface area contributed by atoms with Gasteiger partial charge in [0.15, 0.2) is 0 Å². The lowest BCUT2D eigenvalue weighted by Crippen LogP contribution is -2.24. The van der Waals surface area contributed by atoms with Crippen molar-refractivity contribution in [1.29, 1.82) is 0 Å². The Morgan fingerprint density at radius 2 is 2.18 bits per heavy atom. The van der Waals surface area contributed by atoms with E-state index in [9.17, 15) is 0 Å². The molecule has 0 bridgehead atoms. The molecular formula is C15H23NO. The normalized spacial score (nSPS) is 21.6. The summed E-state index contributed by atoms with van der Waals surface area (Å²) in [4.78, 5) is 0. The molecule has 0 saturated carbocycles. The van der Waals surface area contributed by atoms with Crippen LogP contribution >= 0.6 is 0 Å². The lowest BCUT2D eigenvalue weighted by Gasteiger charge is -2.21. The van der Waals surface area contributed by atoms with Crippen LogP contribution in [0.5, 0.6) is 0 Å². The summed E-state index contributed by atoms with van der Waals surface area (Å²) in [6.45, 7) is 5.21. The van der Waals surface area contributed by atoms with E-state index in [4.69, 9.17) is 4.74 Å². The first kappa shape index (κ1) is 12.6. The second kappa shape index (κ2) is 6.77. The van der Waals surface area contributed by atoms with Crippen molar-refractivity contribution in [3.05, 3.63) is 35.9 Å². The number of ether oxygens (including phenoxy) is 1. The summed E-state index contributed by atoms with van der Waals surface area (Å²) >= 11 is 0. The molecule has 1 aromatic carbocycles. The number of hydrogen-bond acceptors (Lipinski definition) is 2. The van der Waals surface area contributed by atoms with Crippen LogP contribution in [0.3, 0.4) is 0 Å². The Morgan fingerprint density at radius 1 is 1.35 bits per heavy atom. The molecule has 1 aromatic rings. The molecule has 0 aromatic heterocycles. The molecule has 0 amide bonds. The van der Waals surface area contributed by atoms with Gasteiger partial charge in [-0.3, -0.25) is 0 Å². The molecule has 1 aliphatic rings. The summed E-state index contributed by atoms with van der Waals surface area (Å²) in [5.74, 6) is 0.583. The molecule has 0 spiro atoms. The van der Waals surface area contributed by atoms with E-state index in [-0.39, 0.29) is 0 Å². The number of rotatable bonds is 6. The Kier molecular flexibility index (Phi) is 5.02. The first-order chi connectivity index (χ1) is 8.40. The van der Waals surface area contributed by atoms with E-state index >= 15 is 0 Å². The Balaban J connectivity index is 1.97. The number of hydrogen-bond donors (Lipinski definition) is 1. The van der Waals surface area contributed by atoms with E-state index in [0.717, 1.165) is 26.1 Å². The van der Waals surface area contributed by atoms with Gasteiger partial charge < -0.3 is 10.1 Å². The topological polar surface area (TPSA) is 21.3 Å². The minimum absolute atomic E-state index is 0.471. The van der Waals surface area contributed by atoms with E-state index in [0.29, 0.717) is 12.0 Å². The van der Waals surface area contributed by atoms with Crippen LogP contribution in [0.1, 0.15) is 37.7 Å². The van der Waals surface area contributed by atoms with Crippen LogP contribution in [0.2, 0.25) is 0 Å². The average molecular weight is 233 g/mol. The van der Waals surface area contributed by atoms with Crippen molar-refractivity contribution in [1.82, 2.24) is 5.32 Å². The first-order valence-electron chi connectivity index (χ1n) is 6.77. The van der Waals surface area contributed by atoms with Gasteiger partial charge in [-0.15, -0.1) is 0 Å². The Morgan fingerprint density at radius 3 is 2.82 bits per heavy atom. The largest absolute Gasteiger partial charge is 0.378 e. The lowest BCUT2D eigenvalue weighted by molar-refractivity contribution is 0.0977. The van der Waals surface area contributed by atoms with Gasteiger partial charge in [0.25, 0.3) is 0 Å². The van der Waals surface area contributed by atoms with Crippen molar-refractivity contribution in [3.8, 4) is 0 Å². The van der Waals surface area contributed by atoms with Gasteiger partial charge in [-0.05, 0) is 37.3 Å². The molecule has 0 aliphatic carbocycles. The zero-order chi connectivity index (χ0) is 11.9. The highest BCUT2D eigenvalue weighted by atomic mass is 16.5. The molecule has 0 radical (unpaired) electrons. The molecule has 1 saturated heterocycles. The third kappa shape index (κ3) is 3.83. The molecule has 1 aliphatic heterocycles. The SMILES string of the molecule is CCNCC(CC1CCCO1)c1ccccc1. The summed E-state index contributed by atoms with van der Waals surface area (Å²) < 4.78 is 5.76. The number of benzene rings is 1. The molecule has 2 unspecified atom stereocenters. The van der Waals surface area contributed by atoms with Gasteiger partial charge in [-0.1, -0.05) is 37.3 Å². The third-order valence-corrected chi connectivity index (χ3v) is 3.48. The van der Waals surface area contributed by atoms with Crippen LogP contribution in [0.4, 0.5) is 0 Å². The predicted molar refractivity (Wildman–Crippen MR) is 71.3 cm³/mol. The van der Waals surface area contributed by atoms with Crippen LogP contribution in [-0.4, -0.2) is 25.8 Å². The number of nitrogens with one attached hydrogen (secondary N) is 1. The molecule has 17 heavy (non-hydrogen) atoms. The second-order valence-electron chi connectivity index (χ2n) is 4.79. The van der Waals surface area contributed by atoms with Crippen molar-refractivity contribution in [2.24, 2.45) is 0 Å². The number of likely N-dealkylation sites (N-methyl/N-ethyl adjacent to an activating group) is 1. The van der Waals surface area contributed by atoms with Crippen LogP contribution < -0.4 is 5.32 Å². The maximum Gasteiger partial charge on any atom is 0.0582 e. The molecule has 1 fully saturated rings. The van der Waals surface area contributed by atoms with Gasteiger partial charge >= 0.3 is 0 Å². The summed E-state index contributed by atoms with van der Waals surface area (Å²) in [6, 6.07) is 10.8. The average Bonchev–Trinajstić information content (AvgIpc) is 2.88. The fraction of sp³-hybridized carbons (Fsp3) is 0.600. The molecule has 2 rings (SSSR count). The summed E-state index contributed by atoms with van der Waals surface area (Å²) in [5, 5.41) is 3.47. The zero-order valence-electron chi connectivity index (χ0n) is 10.7. The highest BCUT2D eigenvalue weighted by Gasteiger charge is 2.21. The van der Waals surface area contributed by atoms with Crippen LogP contribution in [0.15, 0.2) is 30.3 Å². The Bertz CT molecular complexity index is 306. The highest BCUT2D eigenvalue weighted by Crippen LogP contribution is 2.26. The van der Waals surface area contributed by atoms with Crippen LogP contribution in [0, 0.1) is 0 Å². The maximum absolute atomic E-state index is 5.76. The Labute approximate surface area is 104 Å². The van der Waals surface area contributed by atoms with Gasteiger partial charge in [0.2, 0.25) is 0 Å². The minimum atomic E-state index is 0.471. The van der Waals surface area contributed by atoms with E-state index in [1.165, 1.54) is 18.4 Å². The summed E-state index contributed by atoms with van der Waals surface area (Å²) in [7, 11) is 0. The van der Waals surface area contributed by atoms with Crippen LogP contribution in [-0.2, 0) is 4.74 Å². The van der Waals surface area contributed by atoms with Gasteiger partial charge in [0.05, 0.1) is 6.10 Å². The van der Waals surface area contributed by atoms with E-state index in [2.05, 4.69) is 42.6 Å². The summed E-state index contributed by atoms with van der Waals surface area (Å²) in [5.41, 5.74) is 1.43. The van der Waals surface area contributed by atoms with E-state index in [1.807, 2.05) is 0 Å². The van der Waals surface area contributed by atoms with E-state index in [1.54, 1.807) is 0 Å². The van der Waals surface area contributed by atoms with Gasteiger partial charge in [-0.2, -0.15) is 0 Å². The molecule has 2 heteroatoms. The van der Waals surface area contributed by atoms with Crippen molar-refractivity contribution in [2.45, 2.75) is 38.2 Å². The molecule has 1 heterocycles. The quantitative estimate of drug-likeness (QED) is 0.815. The molecular weight excluding hydrogens is 210 g/mol. The highest BCUT2D eigenvalue weighted by molar-refractivity contribution is 5.20. The third-order valence-electron chi connectivity index (χ3n) is 3.48. The lowest BCUT2D eigenvalue weighted by atomic mass is 9.92. The summed E-state index contributed by atoms with van der Waals surface area (Å²) in [6.07, 6.45) is 4.08. The van der Waals surface area contributed by atoms with Crippen molar-refractivity contribution < 1.29 is 4.74 Å². The van der Waals surface area contributed by atoms with Crippen molar-refractivity contribution in [2.75, 3.05) is 19.7 Å². The molecule has 1 N–H and O–H groups in total. The first-order valence-corrected chi connectivity index (χ1v) is 6.77. The molecule has 2 nitrogen and oxygen atoms in total. The minimum Gasteiger partial charge on any atom is -0.378 e. The van der Waals surface area contributed by atoms with Gasteiger partial charge in [-0.25, -0.2) is 0 Å². The molecule has 2 atom stereocenters. The standard InChI is InChI=1S/C15H23NO/c1-2-16-12-14(11-15-9-6-10-17-15)13-7-4-3-5-8-13/h3-5,7-8,14-16H,2,6,9-12H2,1H3. The van der Waals surface area contributed by atoms with Crippen molar-refractivity contribution >= 4 is 0 Å². The fourth-order valence-corrected chi connectivity index (χ4v) is 2.53. The second-order valence-corrected chi connectivity index (χ2v) is 4.79. The predicted octanol–water partition coefficient (Wildman–Crippen LogP) is 2.95. The van der Waals surface area contributed by atoms with Crippen LogP contribution in [0.25, 0.3) is 0 Å². The fourth-order valence-electron chi connectivity index (χ4n) is 2.53. The van der Waals surface area contributed by atoms with Gasteiger partial charge in [0, 0.05) is 13.2 Å². The smallest absolute Gasteiger partial charge is 0.0582 e. The van der Waals surface area contributed by atoms with Gasteiger partial charge in [0.1, 0.15) is 0 Å². The molecule has 94 valence electrons. The zero-order valence-corrected chi connectivity index (χ0v) is 10.7. The Hall–Kier alpha value is -0.860.